The molecular weight excluding hydrogens is 404 g/mol. The van der Waals surface area contributed by atoms with Gasteiger partial charge in [0.15, 0.2) is 0 Å². The predicted octanol–water partition coefficient (Wildman–Crippen LogP) is 3.63. The van der Waals surface area contributed by atoms with Crippen molar-refractivity contribution in [2.24, 2.45) is 5.73 Å². The predicted molar refractivity (Wildman–Crippen MR) is 112 cm³/mol. The summed E-state index contributed by atoms with van der Waals surface area (Å²) >= 11 is 0. The van der Waals surface area contributed by atoms with E-state index >= 15 is 0 Å². The molecule has 30 heavy (non-hydrogen) atoms. The summed E-state index contributed by atoms with van der Waals surface area (Å²) in [5.41, 5.74) is 7.08. The van der Waals surface area contributed by atoms with Crippen LogP contribution in [0, 0.1) is 6.92 Å². The highest BCUT2D eigenvalue weighted by Gasteiger charge is 2.30. The van der Waals surface area contributed by atoms with E-state index in [-0.39, 0.29) is 22.8 Å². The van der Waals surface area contributed by atoms with Crippen molar-refractivity contribution in [1.29, 1.82) is 0 Å². The van der Waals surface area contributed by atoms with E-state index in [0.717, 1.165) is 11.1 Å². The molecule has 8 heteroatoms. The van der Waals surface area contributed by atoms with Crippen LogP contribution in [-0.4, -0.2) is 20.4 Å². The minimum atomic E-state index is -4.26. The van der Waals surface area contributed by atoms with Gasteiger partial charge >= 0.3 is 12.0 Å². The number of ether oxygens (including phenoxy) is 1. The molecule has 2 N–H and O–H groups in total. The molecule has 0 unspecified atom stereocenters. The number of rotatable bonds is 6. The molecule has 3 rings (SSSR count). The minimum absolute atomic E-state index is 0.0581. The van der Waals surface area contributed by atoms with E-state index in [1.807, 2.05) is 37.3 Å². The number of esters is 1. The largest absolute Gasteiger partial charge is 0.457 e. The summed E-state index contributed by atoms with van der Waals surface area (Å²) < 4.78 is 31.7. The van der Waals surface area contributed by atoms with Crippen molar-refractivity contribution in [3.05, 3.63) is 95.6 Å². The van der Waals surface area contributed by atoms with E-state index in [9.17, 15) is 18.0 Å². The molecule has 0 spiro atoms. The lowest BCUT2D eigenvalue weighted by molar-refractivity contribution is 0.0472. The zero-order valence-electron chi connectivity index (χ0n) is 16.2. The summed E-state index contributed by atoms with van der Waals surface area (Å²) in [5, 5.41) is 0. The summed E-state index contributed by atoms with van der Waals surface area (Å²) in [7, 11) is -4.26. The van der Waals surface area contributed by atoms with Crippen LogP contribution in [0.25, 0.3) is 0 Å². The van der Waals surface area contributed by atoms with Crippen molar-refractivity contribution in [1.82, 2.24) is 0 Å². The Kier molecular flexibility index (Phi) is 6.17. The fourth-order valence-electron chi connectivity index (χ4n) is 2.77. The Morgan fingerprint density at radius 3 is 2.23 bits per heavy atom. The molecule has 0 heterocycles. The van der Waals surface area contributed by atoms with Crippen LogP contribution in [0.5, 0.6) is 0 Å². The molecule has 0 radical (unpaired) electrons. The van der Waals surface area contributed by atoms with Crippen LogP contribution in [0.15, 0.2) is 83.8 Å². The van der Waals surface area contributed by atoms with Gasteiger partial charge in [0, 0.05) is 0 Å². The second-order valence-electron chi connectivity index (χ2n) is 6.53. The van der Waals surface area contributed by atoms with Gasteiger partial charge in [0.2, 0.25) is 0 Å². The first kappa shape index (κ1) is 21.1. The van der Waals surface area contributed by atoms with Gasteiger partial charge in [-0.1, -0.05) is 54.1 Å². The lowest BCUT2D eigenvalue weighted by atomic mass is 10.2. The van der Waals surface area contributed by atoms with Crippen LogP contribution in [0.1, 0.15) is 21.5 Å². The van der Waals surface area contributed by atoms with Crippen LogP contribution in [0.2, 0.25) is 0 Å². The molecule has 3 aromatic rings. The van der Waals surface area contributed by atoms with Crippen molar-refractivity contribution < 1.29 is 22.7 Å². The molecule has 0 bridgehead atoms. The molecule has 0 aliphatic heterocycles. The number of primary amides is 1. The number of amides is 2. The number of anilines is 1. The van der Waals surface area contributed by atoms with Gasteiger partial charge in [0.05, 0.1) is 16.1 Å². The second-order valence-corrected chi connectivity index (χ2v) is 8.32. The maximum atomic E-state index is 13.0. The summed E-state index contributed by atoms with van der Waals surface area (Å²) in [5.74, 6) is -0.655. The van der Waals surface area contributed by atoms with Crippen LogP contribution in [-0.2, 0) is 21.4 Å². The van der Waals surface area contributed by atoms with E-state index < -0.39 is 22.0 Å². The van der Waals surface area contributed by atoms with E-state index in [0.29, 0.717) is 4.31 Å². The number of nitrogens with zero attached hydrogens (tertiary/aromatic N) is 1. The third-order valence-electron chi connectivity index (χ3n) is 4.29. The number of benzene rings is 3. The summed E-state index contributed by atoms with van der Waals surface area (Å²) in [6.07, 6.45) is 0. The van der Waals surface area contributed by atoms with Crippen molar-refractivity contribution in [3.63, 3.8) is 0 Å². The minimum Gasteiger partial charge on any atom is -0.457 e. The lowest BCUT2D eigenvalue weighted by Crippen LogP contribution is -2.40. The van der Waals surface area contributed by atoms with E-state index in [4.69, 9.17) is 10.5 Å². The summed E-state index contributed by atoms with van der Waals surface area (Å²) in [6, 6.07) is 19.5. The van der Waals surface area contributed by atoms with Crippen LogP contribution in [0.4, 0.5) is 10.5 Å². The smallest absolute Gasteiger partial charge is 0.338 e. The molecule has 0 aliphatic carbocycles. The average molecular weight is 424 g/mol. The van der Waals surface area contributed by atoms with Gasteiger partial charge in [-0.05, 0) is 42.8 Å². The molecule has 0 saturated carbocycles. The zero-order valence-corrected chi connectivity index (χ0v) is 17.0. The molecule has 2 amide bonds. The van der Waals surface area contributed by atoms with E-state index in [1.165, 1.54) is 36.4 Å². The molecule has 0 aromatic heterocycles. The Hall–Kier alpha value is -3.65. The maximum Gasteiger partial charge on any atom is 0.338 e. The molecule has 0 aliphatic rings. The number of carbonyl (C=O) groups is 2. The second kappa shape index (κ2) is 8.79. The van der Waals surface area contributed by atoms with Gasteiger partial charge in [-0.15, -0.1) is 0 Å². The number of nitrogens with two attached hydrogens (primary N) is 1. The van der Waals surface area contributed by atoms with Gasteiger partial charge in [-0.3, -0.25) is 0 Å². The molecular formula is C22H20N2O5S. The normalized spacial score (nSPS) is 11.0. The Bertz CT molecular complexity index is 1160. The average Bonchev–Trinajstić information content (AvgIpc) is 2.73. The monoisotopic (exact) mass is 424 g/mol. The zero-order chi connectivity index (χ0) is 21.7. The number of aryl methyl sites for hydroxylation is 1. The lowest BCUT2D eigenvalue weighted by Gasteiger charge is -2.21. The number of carbonyl (C=O) groups excluding carboxylic acids is 2. The highest BCUT2D eigenvalue weighted by molar-refractivity contribution is 7.93. The first-order valence-corrected chi connectivity index (χ1v) is 10.5. The van der Waals surface area contributed by atoms with E-state index in [1.54, 1.807) is 12.1 Å². The van der Waals surface area contributed by atoms with Gasteiger partial charge in [-0.2, -0.15) is 4.31 Å². The SMILES string of the molecule is Cc1ccc(S(=O)(=O)N(C(N)=O)c2cccc(C(=O)OCc3ccccc3)c2)cc1. The molecule has 3 aromatic carbocycles. The van der Waals surface area contributed by atoms with Crippen LogP contribution >= 0.6 is 0 Å². The maximum absolute atomic E-state index is 13.0. The van der Waals surface area contributed by atoms with Gasteiger partial charge in [0.25, 0.3) is 10.0 Å². The number of hydrogen-bond donors (Lipinski definition) is 1. The topological polar surface area (TPSA) is 107 Å². The van der Waals surface area contributed by atoms with Gasteiger partial charge in [0.1, 0.15) is 6.61 Å². The van der Waals surface area contributed by atoms with E-state index in [2.05, 4.69) is 0 Å². The highest BCUT2D eigenvalue weighted by Crippen LogP contribution is 2.25. The number of urea groups is 1. The van der Waals surface area contributed by atoms with Crippen molar-refractivity contribution in [2.45, 2.75) is 18.4 Å². The number of hydrogen-bond acceptors (Lipinski definition) is 5. The Morgan fingerprint density at radius 2 is 1.60 bits per heavy atom. The third kappa shape index (κ3) is 4.66. The van der Waals surface area contributed by atoms with Gasteiger partial charge in [-0.25, -0.2) is 18.0 Å². The van der Waals surface area contributed by atoms with Gasteiger partial charge < -0.3 is 10.5 Å². The Balaban J connectivity index is 1.88. The van der Waals surface area contributed by atoms with Crippen molar-refractivity contribution >= 4 is 27.7 Å². The van der Waals surface area contributed by atoms with Crippen molar-refractivity contribution in [2.75, 3.05) is 4.31 Å². The quantitative estimate of drug-likeness (QED) is 0.608. The van der Waals surface area contributed by atoms with Crippen molar-refractivity contribution in [3.8, 4) is 0 Å². The Morgan fingerprint density at radius 1 is 0.933 bits per heavy atom. The standard InChI is InChI=1S/C22H20N2O5S/c1-16-10-12-20(13-11-16)30(27,28)24(22(23)26)19-9-5-8-18(14-19)21(25)29-15-17-6-3-2-4-7-17/h2-14H,15H2,1H3,(H2,23,26). The van der Waals surface area contributed by atoms with Crippen LogP contribution < -0.4 is 10.0 Å². The fourth-order valence-corrected chi connectivity index (χ4v) is 4.08. The summed E-state index contributed by atoms with van der Waals surface area (Å²) in [4.78, 5) is 24.4. The first-order chi connectivity index (χ1) is 14.3. The summed E-state index contributed by atoms with van der Waals surface area (Å²) in [6.45, 7) is 1.87. The molecule has 0 saturated heterocycles. The molecule has 154 valence electrons. The fraction of sp³-hybridized carbons (Fsp3) is 0.0909. The Labute approximate surface area is 174 Å². The van der Waals surface area contributed by atoms with Crippen LogP contribution in [0.3, 0.4) is 0 Å². The molecule has 0 fully saturated rings. The highest BCUT2D eigenvalue weighted by atomic mass is 32.2. The molecule has 0 atom stereocenters. The molecule has 7 nitrogen and oxygen atoms in total. The first-order valence-electron chi connectivity index (χ1n) is 9.01. The third-order valence-corrected chi connectivity index (χ3v) is 6.03. The number of sulfonamides is 1.